The van der Waals surface area contributed by atoms with Crippen LogP contribution in [0.4, 0.5) is 0 Å². The average Bonchev–Trinajstić information content (AvgIpc) is 3.06. The number of ether oxygens (including phenoxy) is 1. The first-order valence-corrected chi connectivity index (χ1v) is 9.48. The first kappa shape index (κ1) is 17.8. The molecule has 0 radical (unpaired) electrons. The second-order valence-electron chi connectivity index (χ2n) is 6.95. The highest BCUT2D eigenvalue weighted by molar-refractivity contribution is 5.82. The number of hydrogen-bond donors (Lipinski definition) is 1. The zero-order valence-corrected chi connectivity index (χ0v) is 15.0. The van der Waals surface area contributed by atoms with E-state index < -0.39 is 0 Å². The molecule has 1 aliphatic heterocycles. The molecule has 3 rings (SSSR count). The van der Waals surface area contributed by atoms with Crippen LogP contribution in [0.25, 0.3) is 0 Å². The summed E-state index contributed by atoms with van der Waals surface area (Å²) in [5.41, 5.74) is 1.03. The van der Waals surface area contributed by atoms with E-state index in [0.717, 1.165) is 50.0 Å². The Labute approximate surface area is 149 Å². The van der Waals surface area contributed by atoms with Crippen molar-refractivity contribution in [3.8, 4) is 5.75 Å². The van der Waals surface area contributed by atoms with E-state index in [9.17, 15) is 9.59 Å². The molecule has 1 aliphatic carbocycles. The van der Waals surface area contributed by atoms with E-state index in [1.807, 2.05) is 36.1 Å². The lowest BCUT2D eigenvalue weighted by Crippen LogP contribution is -2.48. The van der Waals surface area contributed by atoms with E-state index in [-0.39, 0.29) is 23.8 Å². The number of rotatable bonds is 6. The van der Waals surface area contributed by atoms with Crippen molar-refractivity contribution in [1.82, 2.24) is 10.2 Å². The van der Waals surface area contributed by atoms with Crippen LogP contribution >= 0.6 is 0 Å². The van der Waals surface area contributed by atoms with Crippen LogP contribution in [0.1, 0.15) is 51.0 Å². The normalized spacial score (nSPS) is 23.6. The summed E-state index contributed by atoms with van der Waals surface area (Å²) < 4.78 is 5.51. The van der Waals surface area contributed by atoms with Crippen molar-refractivity contribution >= 4 is 11.8 Å². The smallest absolute Gasteiger partial charge is 0.225 e. The van der Waals surface area contributed by atoms with Gasteiger partial charge in [-0.3, -0.25) is 9.59 Å². The van der Waals surface area contributed by atoms with Crippen LogP contribution in [0, 0.1) is 5.92 Å². The Bertz CT molecular complexity index is 617. The minimum Gasteiger partial charge on any atom is -0.494 e. The molecule has 1 heterocycles. The van der Waals surface area contributed by atoms with Gasteiger partial charge in [0.2, 0.25) is 11.8 Å². The number of benzene rings is 1. The summed E-state index contributed by atoms with van der Waals surface area (Å²) in [6.45, 7) is 3.89. The molecule has 1 saturated carbocycles. The highest BCUT2D eigenvalue weighted by atomic mass is 16.5. The van der Waals surface area contributed by atoms with Gasteiger partial charge in [-0.25, -0.2) is 0 Å². The average molecular weight is 344 g/mol. The molecular weight excluding hydrogens is 316 g/mol. The summed E-state index contributed by atoms with van der Waals surface area (Å²) in [5.74, 6) is 1.04. The van der Waals surface area contributed by atoms with Gasteiger partial charge in [0.25, 0.3) is 0 Å². The van der Waals surface area contributed by atoms with E-state index in [1.165, 1.54) is 0 Å². The number of carbonyl (C=O) groups excluding carboxylic acids is 2. The Hall–Kier alpha value is -2.04. The van der Waals surface area contributed by atoms with Crippen LogP contribution in [0.5, 0.6) is 5.75 Å². The third kappa shape index (κ3) is 4.33. The fourth-order valence-corrected chi connectivity index (χ4v) is 4.04. The number of carbonyl (C=O) groups is 2. The molecule has 2 aliphatic rings. The fraction of sp³-hybridized carbons (Fsp3) is 0.600. The molecule has 5 nitrogen and oxygen atoms in total. The zero-order valence-electron chi connectivity index (χ0n) is 15.0. The highest BCUT2D eigenvalue weighted by Crippen LogP contribution is 2.31. The molecule has 5 heteroatoms. The number of nitrogens with zero attached hydrogens (tertiary/aromatic N) is 1. The second kappa shape index (κ2) is 8.37. The Kier molecular flexibility index (Phi) is 5.95. The zero-order chi connectivity index (χ0) is 17.6. The third-order valence-electron chi connectivity index (χ3n) is 5.25. The van der Waals surface area contributed by atoms with Gasteiger partial charge in [0.15, 0.2) is 0 Å². The lowest BCUT2D eigenvalue weighted by molar-refractivity contribution is -0.135. The maximum absolute atomic E-state index is 12.8. The van der Waals surface area contributed by atoms with Crippen molar-refractivity contribution in [2.45, 2.75) is 58.0 Å². The molecular formula is C20H28N2O3. The van der Waals surface area contributed by atoms with Crippen molar-refractivity contribution in [3.05, 3.63) is 29.8 Å². The minimum absolute atomic E-state index is 0.0752. The second-order valence-corrected chi connectivity index (χ2v) is 6.95. The molecule has 25 heavy (non-hydrogen) atoms. The minimum atomic E-state index is -0.0779. The van der Waals surface area contributed by atoms with Crippen LogP contribution in [0.3, 0.4) is 0 Å². The van der Waals surface area contributed by atoms with Crippen LogP contribution < -0.4 is 10.1 Å². The number of hydrogen-bond acceptors (Lipinski definition) is 3. The molecule has 136 valence electrons. The quantitative estimate of drug-likeness (QED) is 0.863. The molecule has 1 aromatic rings. The largest absolute Gasteiger partial charge is 0.494 e. The standard InChI is InChI=1S/C20H28N2O3/c1-2-25-16-8-5-7-15(13-16)14-21-20(24)17-9-3-4-10-18(17)22-12-6-11-19(22)23/h5,7-8,13,17-18H,2-4,6,9-12,14H2,1H3,(H,21,24)/t17-,18+/m1/s1. The molecule has 0 spiro atoms. The molecule has 2 atom stereocenters. The monoisotopic (exact) mass is 344 g/mol. The number of likely N-dealkylation sites (tertiary alicyclic amines) is 1. The van der Waals surface area contributed by atoms with Gasteiger partial charge < -0.3 is 15.0 Å². The van der Waals surface area contributed by atoms with Crippen LogP contribution in [-0.2, 0) is 16.1 Å². The summed E-state index contributed by atoms with van der Waals surface area (Å²) >= 11 is 0. The van der Waals surface area contributed by atoms with Gasteiger partial charge >= 0.3 is 0 Å². The Balaban J connectivity index is 1.61. The van der Waals surface area contributed by atoms with Gasteiger partial charge in [0.1, 0.15) is 5.75 Å². The van der Waals surface area contributed by atoms with Gasteiger partial charge in [-0.2, -0.15) is 0 Å². The SMILES string of the molecule is CCOc1cccc(CNC(=O)[C@@H]2CCCC[C@@H]2N2CCCC2=O)c1. The highest BCUT2D eigenvalue weighted by Gasteiger charge is 2.38. The Morgan fingerprint density at radius 1 is 1.28 bits per heavy atom. The predicted molar refractivity (Wildman–Crippen MR) is 96.2 cm³/mol. The van der Waals surface area contributed by atoms with Crippen molar-refractivity contribution < 1.29 is 14.3 Å². The van der Waals surface area contributed by atoms with Crippen molar-refractivity contribution in [2.24, 2.45) is 5.92 Å². The molecule has 2 fully saturated rings. The van der Waals surface area contributed by atoms with E-state index in [0.29, 0.717) is 19.6 Å². The van der Waals surface area contributed by atoms with Crippen LogP contribution in [0.15, 0.2) is 24.3 Å². The first-order valence-electron chi connectivity index (χ1n) is 9.48. The predicted octanol–water partition coefficient (Wildman–Crippen LogP) is 2.88. The summed E-state index contributed by atoms with van der Waals surface area (Å²) in [6.07, 6.45) is 5.55. The molecule has 0 bridgehead atoms. The van der Waals surface area contributed by atoms with E-state index in [2.05, 4.69) is 5.32 Å². The lowest BCUT2D eigenvalue weighted by Gasteiger charge is -2.37. The van der Waals surface area contributed by atoms with Gasteiger partial charge in [-0.1, -0.05) is 25.0 Å². The van der Waals surface area contributed by atoms with Crippen molar-refractivity contribution in [1.29, 1.82) is 0 Å². The van der Waals surface area contributed by atoms with Crippen molar-refractivity contribution in [2.75, 3.05) is 13.2 Å². The summed E-state index contributed by atoms with van der Waals surface area (Å²) in [6, 6.07) is 7.90. The van der Waals surface area contributed by atoms with Gasteiger partial charge in [0, 0.05) is 25.6 Å². The van der Waals surface area contributed by atoms with Gasteiger partial charge in [0.05, 0.1) is 12.5 Å². The van der Waals surface area contributed by atoms with Crippen LogP contribution in [0.2, 0.25) is 0 Å². The van der Waals surface area contributed by atoms with E-state index in [4.69, 9.17) is 4.74 Å². The fourth-order valence-electron chi connectivity index (χ4n) is 4.04. The number of nitrogens with one attached hydrogen (secondary N) is 1. The topological polar surface area (TPSA) is 58.6 Å². The molecule has 1 saturated heterocycles. The van der Waals surface area contributed by atoms with E-state index in [1.54, 1.807) is 0 Å². The third-order valence-corrected chi connectivity index (χ3v) is 5.25. The molecule has 1 aromatic carbocycles. The maximum atomic E-state index is 12.8. The Morgan fingerprint density at radius 2 is 2.12 bits per heavy atom. The molecule has 2 amide bonds. The molecule has 1 N–H and O–H groups in total. The van der Waals surface area contributed by atoms with Gasteiger partial charge in [-0.15, -0.1) is 0 Å². The van der Waals surface area contributed by atoms with E-state index >= 15 is 0 Å². The summed E-state index contributed by atoms with van der Waals surface area (Å²) in [4.78, 5) is 26.8. The van der Waals surface area contributed by atoms with Crippen molar-refractivity contribution in [3.63, 3.8) is 0 Å². The Morgan fingerprint density at radius 3 is 2.88 bits per heavy atom. The molecule has 0 unspecified atom stereocenters. The first-order chi connectivity index (χ1) is 12.2. The lowest BCUT2D eigenvalue weighted by atomic mass is 9.83. The van der Waals surface area contributed by atoms with Gasteiger partial charge in [-0.05, 0) is 43.9 Å². The maximum Gasteiger partial charge on any atom is 0.225 e. The van der Waals surface area contributed by atoms with Crippen LogP contribution in [-0.4, -0.2) is 35.9 Å². The molecule has 0 aromatic heterocycles. The summed E-state index contributed by atoms with van der Waals surface area (Å²) in [7, 11) is 0. The summed E-state index contributed by atoms with van der Waals surface area (Å²) in [5, 5.41) is 3.07. The number of amides is 2.